The molecule has 2 atom stereocenters. The van der Waals surface area contributed by atoms with Gasteiger partial charge < -0.3 is 5.11 Å². The van der Waals surface area contributed by atoms with Gasteiger partial charge in [0.1, 0.15) is 0 Å². The Morgan fingerprint density at radius 3 is 2.78 bits per heavy atom. The molecule has 1 aliphatic carbocycles. The number of benzene rings is 1. The quantitative estimate of drug-likeness (QED) is 0.886. The van der Waals surface area contributed by atoms with Crippen LogP contribution in [0.4, 0.5) is 8.78 Å². The van der Waals surface area contributed by atoms with Crippen molar-refractivity contribution in [3.05, 3.63) is 34.3 Å². The zero-order chi connectivity index (χ0) is 13.2. The average Bonchev–Trinajstić information content (AvgIpc) is 2.31. The molecule has 1 fully saturated rings. The lowest BCUT2D eigenvalue weighted by atomic mass is 9.81. The maximum absolute atomic E-state index is 13.3. The van der Waals surface area contributed by atoms with Gasteiger partial charge in [-0.05, 0) is 36.8 Å². The Hall–Kier alpha value is -0.480. The van der Waals surface area contributed by atoms with Crippen molar-refractivity contribution in [2.75, 3.05) is 0 Å². The van der Waals surface area contributed by atoms with E-state index >= 15 is 0 Å². The number of aliphatic hydroxyl groups excluding tert-OH is 1. The standard InChI is InChI=1S/C14H17BrF2O/c15-12-6-2-1-4-10(12)8-13(18)11-5-3-7-14(16,17)9-11/h1-2,4,6,11,13,18H,3,5,7-9H2. The number of hydrogen-bond acceptors (Lipinski definition) is 1. The predicted octanol–water partition coefficient (Wildman–Crippen LogP) is 4.18. The predicted molar refractivity (Wildman–Crippen MR) is 70.8 cm³/mol. The summed E-state index contributed by atoms with van der Waals surface area (Å²) in [5.74, 6) is -2.89. The molecule has 18 heavy (non-hydrogen) atoms. The van der Waals surface area contributed by atoms with Gasteiger partial charge in [0.15, 0.2) is 0 Å². The van der Waals surface area contributed by atoms with Crippen LogP contribution in [0, 0.1) is 5.92 Å². The molecule has 0 aromatic heterocycles. The second-order valence-electron chi connectivity index (χ2n) is 5.08. The Morgan fingerprint density at radius 2 is 2.11 bits per heavy atom. The van der Waals surface area contributed by atoms with Gasteiger partial charge in [-0.1, -0.05) is 34.1 Å². The van der Waals surface area contributed by atoms with E-state index in [1.807, 2.05) is 24.3 Å². The minimum Gasteiger partial charge on any atom is -0.392 e. The third-order valence-electron chi connectivity index (χ3n) is 3.61. The first-order valence-electron chi connectivity index (χ1n) is 6.27. The zero-order valence-electron chi connectivity index (χ0n) is 10.1. The minimum absolute atomic E-state index is 0.0365. The summed E-state index contributed by atoms with van der Waals surface area (Å²) in [4.78, 5) is 0. The van der Waals surface area contributed by atoms with E-state index in [0.29, 0.717) is 19.3 Å². The molecule has 0 amide bonds. The molecule has 4 heteroatoms. The Labute approximate surface area is 114 Å². The first-order valence-corrected chi connectivity index (χ1v) is 7.06. The van der Waals surface area contributed by atoms with Gasteiger partial charge in [-0.3, -0.25) is 0 Å². The van der Waals surface area contributed by atoms with Crippen molar-refractivity contribution in [3.63, 3.8) is 0 Å². The van der Waals surface area contributed by atoms with Gasteiger partial charge >= 0.3 is 0 Å². The molecule has 2 rings (SSSR count). The van der Waals surface area contributed by atoms with Gasteiger partial charge in [-0.15, -0.1) is 0 Å². The van der Waals surface area contributed by atoms with Gasteiger partial charge in [-0.2, -0.15) is 0 Å². The molecule has 0 saturated heterocycles. The van der Waals surface area contributed by atoms with Gasteiger partial charge in [0, 0.05) is 17.3 Å². The normalized spacial score (nSPS) is 24.8. The molecule has 1 nitrogen and oxygen atoms in total. The van der Waals surface area contributed by atoms with Crippen LogP contribution in [0.2, 0.25) is 0 Å². The highest BCUT2D eigenvalue weighted by atomic mass is 79.9. The summed E-state index contributed by atoms with van der Waals surface area (Å²) in [6.45, 7) is 0. The van der Waals surface area contributed by atoms with Crippen molar-refractivity contribution in [2.45, 2.75) is 44.1 Å². The van der Waals surface area contributed by atoms with E-state index in [0.717, 1.165) is 10.0 Å². The highest BCUT2D eigenvalue weighted by molar-refractivity contribution is 9.10. The van der Waals surface area contributed by atoms with Gasteiger partial charge in [-0.25, -0.2) is 8.78 Å². The molecule has 1 N–H and O–H groups in total. The third-order valence-corrected chi connectivity index (χ3v) is 4.38. The van der Waals surface area contributed by atoms with E-state index in [2.05, 4.69) is 15.9 Å². The molecular formula is C14H17BrF2O. The molecule has 2 unspecified atom stereocenters. The van der Waals surface area contributed by atoms with Gasteiger partial charge in [0.2, 0.25) is 5.92 Å². The second kappa shape index (κ2) is 5.66. The lowest BCUT2D eigenvalue weighted by Gasteiger charge is -2.32. The Balaban J connectivity index is 2.00. The minimum atomic E-state index is -2.60. The highest BCUT2D eigenvalue weighted by Gasteiger charge is 2.38. The van der Waals surface area contributed by atoms with E-state index < -0.39 is 12.0 Å². The van der Waals surface area contributed by atoms with Crippen LogP contribution >= 0.6 is 15.9 Å². The first kappa shape index (κ1) is 13.9. The summed E-state index contributed by atoms with van der Waals surface area (Å²) in [5, 5.41) is 10.1. The fraction of sp³-hybridized carbons (Fsp3) is 0.571. The number of rotatable bonds is 3. The number of hydrogen-bond donors (Lipinski definition) is 1. The maximum atomic E-state index is 13.3. The second-order valence-corrected chi connectivity index (χ2v) is 5.93. The molecule has 1 aromatic rings. The summed E-state index contributed by atoms with van der Waals surface area (Å²) in [6.07, 6.45) is 0.729. The summed E-state index contributed by atoms with van der Waals surface area (Å²) in [7, 11) is 0. The number of halogens is 3. The lowest BCUT2D eigenvalue weighted by Crippen LogP contribution is -2.34. The van der Waals surface area contributed by atoms with Crippen molar-refractivity contribution < 1.29 is 13.9 Å². The van der Waals surface area contributed by atoms with Crippen LogP contribution in [0.5, 0.6) is 0 Å². The summed E-state index contributed by atoms with van der Waals surface area (Å²) in [5.41, 5.74) is 0.971. The van der Waals surface area contributed by atoms with E-state index in [-0.39, 0.29) is 18.8 Å². The van der Waals surface area contributed by atoms with Crippen LogP contribution in [0.25, 0.3) is 0 Å². The fourth-order valence-corrected chi connectivity index (χ4v) is 3.04. The fourth-order valence-electron chi connectivity index (χ4n) is 2.59. The van der Waals surface area contributed by atoms with Crippen LogP contribution in [0.15, 0.2) is 28.7 Å². The van der Waals surface area contributed by atoms with Crippen LogP contribution < -0.4 is 0 Å². The third kappa shape index (κ3) is 3.51. The van der Waals surface area contributed by atoms with Gasteiger partial charge in [0.05, 0.1) is 6.10 Å². The van der Waals surface area contributed by atoms with Crippen LogP contribution in [0.1, 0.15) is 31.2 Å². The van der Waals surface area contributed by atoms with E-state index in [1.54, 1.807) is 0 Å². The van der Waals surface area contributed by atoms with Gasteiger partial charge in [0.25, 0.3) is 0 Å². The SMILES string of the molecule is OC(Cc1ccccc1Br)C1CCCC(F)(F)C1. The van der Waals surface area contributed by atoms with Crippen molar-refractivity contribution in [1.82, 2.24) is 0 Å². The van der Waals surface area contributed by atoms with Crippen molar-refractivity contribution in [3.8, 4) is 0 Å². The smallest absolute Gasteiger partial charge is 0.248 e. The highest BCUT2D eigenvalue weighted by Crippen LogP contribution is 2.38. The number of alkyl halides is 2. The molecular weight excluding hydrogens is 302 g/mol. The van der Waals surface area contributed by atoms with Crippen LogP contribution in [-0.2, 0) is 6.42 Å². The molecule has 1 saturated carbocycles. The summed E-state index contributed by atoms with van der Waals surface area (Å²) >= 11 is 3.41. The van der Waals surface area contributed by atoms with Crippen molar-refractivity contribution in [1.29, 1.82) is 0 Å². The molecule has 0 aliphatic heterocycles. The van der Waals surface area contributed by atoms with Crippen LogP contribution in [0.3, 0.4) is 0 Å². The molecule has 0 bridgehead atoms. The first-order chi connectivity index (χ1) is 8.48. The molecule has 1 aliphatic rings. The van der Waals surface area contributed by atoms with E-state index in [4.69, 9.17) is 0 Å². The van der Waals surface area contributed by atoms with E-state index in [1.165, 1.54) is 0 Å². The maximum Gasteiger partial charge on any atom is 0.248 e. The Kier molecular flexibility index (Phi) is 4.38. The van der Waals surface area contributed by atoms with Crippen molar-refractivity contribution in [2.24, 2.45) is 5.92 Å². The van der Waals surface area contributed by atoms with E-state index in [9.17, 15) is 13.9 Å². The average molecular weight is 319 g/mol. The molecule has 0 radical (unpaired) electrons. The Bertz CT molecular complexity index is 409. The number of aliphatic hydroxyl groups is 1. The summed E-state index contributed by atoms with van der Waals surface area (Å²) in [6, 6.07) is 7.60. The Morgan fingerprint density at radius 1 is 1.39 bits per heavy atom. The van der Waals surface area contributed by atoms with Crippen molar-refractivity contribution >= 4 is 15.9 Å². The topological polar surface area (TPSA) is 20.2 Å². The van der Waals surface area contributed by atoms with Crippen LogP contribution in [-0.4, -0.2) is 17.1 Å². The summed E-state index contributed by atoms with van der Waals surface area (Å²) < 4.78 is 27.5. The molecule has 0 spiro atoms. The molecule has 100 valence electrons. The largest absolute Gasteiger partial charge is 0.392 e. The zero-order valence-corrected chi connectivity index (χ0v) is 11.7. The monoisotopic (exact) mass is 318 g/mol. The molecule has 0 heterocycles. The molecule has 1 aromatic carbocycles. The lowest BCUT2D eigenvalue weighted by molar-refractivity contribution is -0.0752.